The third kappa shape index (κ3) is 4.87. The standard InChI is InChI=1S/C21H15F5N4O4S/c1-33-16-8-15-13(7-17(16)34-35(31,32)21(24,25)26)20(28-11-27-15)14-9-30(10-18(22)23)29-19(14)12-5-3-2-4-6-12/h2-9,11,18H,10H2,1H3. The van der Waals surface area contributed by atoms with Crippen LogP contribution >= 0.6 is 0 Å². The molecule has 0 bridgehead atoms. The van der Waals surface area contributed by atoms with Crippen molar-refractivity contribution in [3.8, 4) is 34.0 Å². The fraction of sp³-hybridized carbons (Fsp3) is 0.190. The largest absolute Gasteiger partial charge is 0.534 e. The zero-order valence-corrected chi connectivity index (χ0v) is 18.5. The summed E-state index contributed by atoms with van der Waals surface area (Å²) < 4.78 is 98.3. The van der Waals surface area contributed by atoms with Crippen LogP contribution in [0.4, 0.5) is 22.0 Å². The van der Waals surface area contributed by atoms with E-state index in [1.165, 1.54) is 12.3 Å². The molecule has 2 aromatic carbocycles. The molecule has 0 unspecified atom stereocenters. The van der Waals surface area contributed by atoms with E-state index in [0.29, 0.717) is 5.56 Å². The number of alkyl halides is 5. The maximum absolute atomic E-state index is 13.0. The van der Waals surface area contributed by atoms with Gasteiger partial charge in [-0.15, -0.1) is 0 Å². The topological polar surface area (TPSA) is 96.2 Å². The highest BCUT2D eigenvalue weighted by molar-refractivity contribution is 7.88. The summed E-state index contributed by atoms with van der Waals surface area (Å²) in [7, 11) is -4.90. The molecule has 0 aliphatic carbocycles. The number of methoxy groups -OCH3 is 1. The molecule has 2 heterocycles. The first-order chi connectivity index (χ1) is 16.5. The molecule has 184 valence electrons. The third-order valence-electron chi connectivity index (χ3n) is 4.79. The smallest absolute Gasteiger partial charge is 0.493 e. The second-order valence-electron chi connectivity index (χ2n) is 7.10. The van der Waals surface area contributed by atoms with Crippen LogP contribution in [0.1, 0.15) is 0 Å². The van der Waals surface area contributed by atoms with Gasteiger partial charge in [0.25, 0.3) is 6.43 Å². The van der Waals surface area contributed by atoms with E-state index >= 15 is 0 Å². The SMILES string of the molecule is COc1cc2ncnc(-c3cn(CC(F)F)nc3-c3ccccc3)c2cc1OS(=O)(=O)C(F)(F)F. The van der Waals surface area contributed by atoms with Gasteiger partial charge in [-0.3, -0.25) is 4.68 Å². The van der Waals surface area contributed by atoms with E-state index < -0.39 is 34.3 Å². The van der Waals surface area contributed by atoms with Crippen molar-refractivity contribution in [3.63, 3.8) is 0 Å². The van der Waals surface area contributed by atoms with E-state index in [1.807, 2.05) is 0 Å². The Morgan fingerprint density at radius 1 is 1.03 bits per heavy atom. The molecule has 0 fully saturated rings. The Labute approximate surface area is 195 Å². The summed E-state index contributed by atoms with van der Waals surface area (Å²) in [4.78, 5) is 8.23. The Morgan fingerprint density at radius 2 is 1.74 bits per heavy atom. The Bertz CT molecular complexity index is 1470. The molecule has 8 nitrogen and oxygen atoms in total. The number of rotatable bonds is 7. The number of halogens is 5. The maximum Gasteiger partial charge on any atom is 0.534 e. The van der Waals surface area contributed by atoms with Crippen LogP contribution in [0.5, 0.6) is 11.5 Å². The zero-order valence-electron chi connectivity index (χ0n) is 17.7. The highest BCUT2D eigenvalue weighted by Crippen LogP contribution is 2.40. The Morgan fingerprint density at radius 3 is 2.37 bits per heavy atom. The molecule has 0 aliphatic heterocycles. The lowest BCUT2D eigenvalue weighted by atomic mass is 10.0. The van der Waals surface area contributed by atoms with Gasteiger partial charge in [0.05, 0.1) is 18.3 Å². The van der Waals surface area contributed by atoms with Gasteiger partial charge in [0.1, 0.15) is 18.6 Å². The summed E-state index contributed by atoms with van der Waals surface area (Å²) in [6, 6.07) is 10.7. The summed E-state index contributed by atoms with van der Waals surface area (Å²) in [5, 5.41) is 4.31. The highest BCUT2D eigenvalue weighted by atomic mass is 32.2. The summed E-state index contributed by atoms with van der Waals surface area (Å²) >= 11 is 0. The van der Waals surface area contributed by atoms with Gasteiger partial charge in [0.15, 0.2) is 11.5 Å². The molecular weight excluding hydrogens is 499 g/mol. The first-order valence-electron chi connectivity index (χ1n) is 9.75. The minimum absolute atomic E-state index is 0.0782. The van der Waals surface area contributed by atoms with E-state index in [2.05, 4.69) is 19.2 Å². The molecule has 0 aliphatic rings. The van der Waals surface area contributed by atoms with Crippen LogP contribution < -0.4 is 8.92 Å². The van der Waals surface area contributed by atoms with E-state index in [4.69, 9.17) is 4.74 Å². The molecule has 0 N–H and O–H groups in total. The number of ether oxygens (including phenoxy) is 1. The number of hydrogen-bond acceptors (Lipinski definition) is 7. The molecule has 0 atom stereocenters. The average Bonchev–Trinajstić information content (AvgIpc) is 3.20. The van der Waals surface area contributed by atoms with Gasteiger partial charge in [-0.1, -0.05) is 30.3 Å². The summed E-state index contributed by atoms with van der Waals surface area (Å²) in [5.41, 5.74) is -4.31. The number of benzene rings is 2. The van der Waals surface area contributed by atoms with Crippen molar-refractivity contribution in [2.24, 2.45) is 0 Å². The predicted octanol–water partition coefficient (Wildman–Crippen LogP) is 4.66. The monoisotopic (exact) mass is 514 g/mol. The Balaban J connectivity index is 1.94. The zero-order chi connectivity index (χ0) is 25.4. The number of nitrogens with zero attached hydrogens (tertiary/aromatic N) is 4. The van der Waals surface area contributed by atoms with Gasteiger partial charge in [-0.05, 0) is 6.07 Å². The molecule has 0 saturated heterocycles. The summed E-state index contributed by atoms with van der Waals surface area (Å²) in [5.74, 6) is -1.08. The van der Waals surface area contributed by atoms with Gasteiger partial charge in [0, 0.05) is 28.8 Å². The first kappa shape index (κ1) is 24.3. The normalized spacial score (nSPS) is 12.3. The fourth-order valence-electron chi connectivity index (χ4n) is 3.31. The van der Waals surface area contributed by atoms with Gasteiger partial charge in [-0.25, -0.2) is 18.7 Å². The molecule has 35 heavy (non-hydrogen) atoms. The van der Waals surface area contributed by atoms with Crippen LogP contribution in [0.15, 0.2) is 55.0 Å². The molecule has 0 saturated carbocycles. The van der Waals surface area contributed by atoms with Crippen LogP contribution in [0.25, 0.3) is 33.4 Å². The first-order valence-corrected chi connectivity index (χ1v) is 11.2. The molecule has 0 spiro atoms. The van der Waals surface area contributed by atoms with Crippen molar-refractivity contribution >= 4 is 21.0 Å². The molecule has 14 heteroatoms. The maximum atomic E-state index is 13.0. The molecule has 2 aromatic heterocycles. The molecule has 4 rings (SSSR count). The number of hydrogen-bond donors (Lipinski definition) is 0. The second-order valence-corrected chi connectivity index (χ2v) is 8.63. The highest BCUT2D eigenvalue weighted by Gasteiger charge is 2.49. The number of aromatic nitrogens is 4. The predicted molar refractivity (Wildman–Crippen MR) is 114 cm³/mol. The van der Waals surface area contributed by atoms with Crippen molar-refractivity contribution in [1.29, 1.82) is 0 Å². The van der Waals surface area contributed by atoms with Gasteiger partial charge >= 0.3 is 15.6 Å². The van der Waals surface area contributed by atoms with Crippen molar-refractivity contribution in [3.05, 3.63) is 55.0 Å². The Kier molecular flexibility index (Phi) is 6.32. The van der Waals surface area contributed by atoms with Crippen LogP contribution in [-0.4, -0.2) is 47.2 Å². The molecule has 4 aromatic rings. The van der Waals surface area contributed by atoms with E-state index in [1.54, 1.807) is 30.3 Å². The molecular formula is C21H15F5N4O4S. The van der Waals surface area contributed by atoms with Crippen LogP contribution in [-0.2, 0) is 16.7 Å². The van der Waals surface area contributed by atoms with Crippen LogP contribution in [0.2, 0.25) is 0 Å². The fourth-order valence-corrected chi connectivity index (χ4v) is 3.77. The molecule has 0 radical (unpaired) electrons. The second kappa shape index (κ2) is 9.09. The quantitative estimate of drug-likeness (QED) is 0.201. The van der Waals surface area contributed by atoms with Crippen molar-refractivity contribution in [2.45, 2.75) is 18.5 Å². The van der Waals surface area contributed by atoms with E-state index in [9.17, 15) is 30.4 Å². The van der Waals surface area contributed by atoms with Crippen molar-refractivity contribution in [2.75, 3.05) is 7.11 Å². The van der Waals surface area contributed by atoms with Crippen molar-refractivity contribution < 1.29 is 39.3 Å². The van der Waals surface area contributed by atoms with Crippen molar-refractivity contribution in [1.82, 2.24) is 19.7 Å². The van der Waals surface area contributed by atoms with Crippen LogP contribution in [0, 0.1) is 0 Å². The molecule has 0 amide bonds. The summed E-state index contributed by atoms with van der Waals surface area (Å²) in [6.45, 7) is -0.713. The average molecular weight is 514 g/mol. The third-order valence-corrected chi connectivity index (χ3v) is 5.76. The van der Waals surface area contributed by atoms with Crippen LogP contribution in [0.3, 0.4) is 0 Å². The lowest BCUT2D eigenvalue weighted by Gasteiger charge is -2.14. The van der Waals surface area contributed by atoms with E-state index in [-0.39, 0.29) is 33.6 Å². The minimum Gasteiger partial charge on any atom is -0.493 e. The van der Waals surface area contributed by atoms with E-state index in [0.717, 1.165) is 24.2 Å². The van der Waals surface area contributed by atoms with Gasteiger partial charge in [0.2, 0.25) is 0 Å². The minimum atomic E-state index is -6.01. The van der Waals surface area contributed by atoms with Gasteiger partial charge in [-0.2, -0.15) is 26.7 Å². The lowest BCUT2D eigenvalue weighted by molar-refractivity contribution is -0.0500. The number of fused-ring (bicyclic) bond motifs is 1. The summed E-state index contributed by atoms with van der Waals surface area (Å²) in [6.07, 6.45) is -0.234. The lowest BCUT2D eigenvalue weighted by Crippen LogP contribution is -2.28. The van der Waals surface area contributed by atoms with Gasteiger partial charge < -0.3 is 8.92 Å². The Hall–Kier alpha value is -3.81.